The molecule has 2 saturated heterocycles. The van der Waals surface area contributed by atoms with Crippen LogP contribution in [0.1, 0.15) is 33.6 Å². The number of amides is 2. The van der Waals surface area contributed by atoms with Crippen molar-refractivity contribution in [2.24, 2.45) is 0 Å². The number of benzene rings is 2. The van der Waals surface area contributed by atoms with E-state index in [1.54, 1.807) is 0 Å². The van der Waals surface area contributed by atoms with E-state index >= 15 is 0 Å². The Morgan fingerprint density at radius 3 is 1.28 bits per heavy atom. The highest BCUT2D eigenvalue weighted by Crippen LogP contribution is 2.48. The van der Waals surface area contributed by atoms with Crippen LogP contribution in [0.2, 0.25) is 0 Å². The van der Waals surface area contributed by atoms with Gasteiger partial charge in [-0.2, -0.15) is 0 Å². The Labute approximate surface area is 274 Å². The molecular formula is C30H40N2O14S. The van der Waals surface area contributed by atoms with E-state index in [0.29, 0.717) is 11.8 Å². The number of hydrogen-bond donors (Lipinski definition) is 8. The lowest BCUT2D eigenvalue weighted by Crippen LogP contribution is -2.71. The van der Waals surface area contributed by atoms with Crippen LogP contribution in [0.3, 0.4) is 0 Å². The van der Waals surface area contributed by atoms with Crippen molar-refractivity contribution in [3.05, 3.63) is 47.5 Å². The molecular weight excluding hydrogens is 644 g/mol. The third-order valence-electron chi connectivity index (χ3n) is 7.78. The summed E-state index contributed by atoms with van der Waals surface area (Å²) in [7, 11) is 5.53. The largest absolute Gasteiger partial charge is 0.497 e. The second kappa shape index (κ2) is 15.2. The van der Waals surface area contributed by atoms with Gasteiger partial charge < -0.3 is 69.7 Å². The third kappa shape index (κ3) is 7.85. The molecule has 2 fully saturated rings. The molecule has 0 aromatic heterocycles. The number of nitrogens with one attached hydrogen (secondary N) is 2. The van der Waals surface area contributed by atoms with Crippen LogP contribution in [0.15, 0.2) is 36.4 Å². The number of thioether (sulfide) groups is 1. The highest BCUT2D eigenvalue weighted by atomic mass is 32.2. The predicted molar refractivity (Wildman–Crippen MR) is 164 cm³/mol. The Hall–Kier alpha value is -3.39. The van der Waals surface area contributed by atoms with Gasteiger partial charge in [-0.1, -0.05) is 0 Å². The summed E-state index contributed by atoms with van der Waals surface area (Å²) in [6.07, 6.45) is -9.83. The molecule has 0 bridgehead atoms. The molecule has 0 saturated carbocycles. The smallest absolute Gasteiger partial charge is 0.254 e. The van der Waals surface area contributed by atoms with Crippen molar-refractivity contribution in [2.75, 3.05) is 41.7 Å². The minimum Gasteiger partial charge on any atom is -0.497 e. The van der Waals surface area contributed by atoms with Crippen molar-refractivity contribution in [1.82, 2.24) is 10.6 Å². The van der Waals surface area contributed by atoms with Crippen molar-refractivity contribution in [3.8, 4) is 23.0 Å². The Balaban J connectivity index is 1.82. The van der Waals surface area contributed by atoms with E-state index in [2.05, 4.69) is 10.6 Å². The van der Waals surface area contributed by atoms with Crippen LogP contribution in [0.25, 0.3) is 0 Å². The first kappa shape index (κ1) is 36.4. The summed E-state index contributed by atoms with van der Waals surface area (Å²) in [5, 5.41) is 64.6. The van der Waals surface area contributed by atoms with Crippen LogP contribution < -0.4 is 29.6 Å². The average Bonchev–Trinajstić information content (AvgIpc) is 3.07. The van der Waals surface area contributed by atoms with E-state index in [1.165, 1.54) is 64.8 Å². The fourth-order valence-corrected chi connectivity index (χ4v) is 6.72. The maximum Gasteiger partial charge on any atom is 0.254 e. The van der Waals surface area contributed by atoms with Gasteiger partial charge >= 0.3 is 0 Å². The van der Waals surface area contributed by atoms with Crippen LogP contribution >= 0.6 is 11.8 Å². The van der Waals surface area contributed by atoms with Crippen LogP contribution in [0.4, 0.5) is 0 Å². The van der Waals surface area contributed by atoms with Crippen LogP contribution in [0, 0.1) is 0 Å². The van der Waals surface area contributed by atoms with E-state index in [1.807, 2.05) is 0 Å². The lowest BCUT2D eigenvalue weighted by atomic mass is 10.0. The molecule has 2 aromatic carbocycles. The highest BCUT2D eigenvalue weighted by molar-refractivity contribution is 8.01. The summed E-state index contributed by atoms with van der Waals surface area (Å²) in [4.78, 5) is 27.6. The summed E-state index contributed by atoms with van der Waals surface area (Å²) in [5.74, 6) is -0.683. The Bertz CT molecular complexity index is 1270. The normalized spacial score (nSPS) is 30.6. The van der Waals surface area contributed by atoms with Gasteiger partial charge in [0, 0.05) is 36.1 Å². The van der Waals surface area contributed by atoms with Crippen LogP contribution in [0.5, 0.6) is 23.0 Å². The van der Waals surface area contributed by atoms with Gasteiger partial charge in [-0.15, -0.1) is 0 Å². The molecule has 2 aliphatic rings. The number of hydrogen-bond acceptors (Lipinski definition) is 15. The summed E-state index contributed by atoms with van der Waals surface area (Å²) >= 11 is 0.403. The minimum absolute atomic E-state index is 0.0148. The molecule has 2 amide bonds. The second-order valence-electron chi connectivity index (χ2n) is 10.9. The summed E-state index contributed by atoms with van der Waals surface area (Å²) < 4.78 is 33.0. The number of aliphatic hydroxyl groups is 6. The fourth-order valence-electron chi connectivity index (χ4n) is 5.18. The number of ether oxygens (including phenoxy) is 6. The Morgan fingerprint density at radius 1 is 0.681 bits per heavy atom. The number of aliphatic hydroxyl groups excluding tert-OH is 6. The average molecular weight is 685 g/mol. The minimum atomic E-state index is -2.34. The lowest BCUT2D eigenvalue weighted by Gasteiger charge is -2.52. The van der Waals surface area contributed by atoms with E-state index < -0.39 is 84.6 Å². The van der Waals surface area contributed by atoms with Gasteiger partial charge in [0.2, 0.25) is 10.1 Å². The number of methoxy groups -OCH3 is 4. The lowest BCUT2D eigenvalue weighted by molar-refractivity contribution is -0.217. The maximum absolute atomic E-state index is 13.8. The monoisotopic (exact) mass is 684 g/mol. The van der Waals surface area contributed by atoms with E-state index in [9.17, 15) is 40.2 Å². The molecule has 0 aliphatic carbocycles. The van der Waals surface area contributed by atoms with Crippen LogP contribution in [-0.4, -0.2) is 131 Å². The zero-order valence-corrected chi connectivity index (χ0v) is 26.9. The third-order valence-corrected chi connectivity index (χ3v) is 9.33. The summed E-state index contributed by atoms with van der Waals surface area (Å²) in [6.45, 7) is -1.49. The van der Waals surface area contributed by atoms with Crippen molar-refractivity contribution in [1.29, 1.82) is 0 Å². The fraction of sp³-hybridized carbons (Fsp3) is 0.533. The van der Waals surface area contributed by atoms with Gasteiger partial charge in [-0.25, -0.2) is 0 Å². The quantitative estimate of drug-likeness (QED) is 0.124. The number of carbonyl (C=O) groups is 2. The molecule has 47 heavy (non-hydrogen) atoms. The standard InChI is InChI=1S/C30H40N2O14S/c1-41-17-5-15(6-18(9-17)42-2)27(39)31-29(25(37)11-21(35)23(13-33)45-29)47-30(26(38)12-22(36)24(14-34)46-30)32-28(40)16-7-19(43-3)10-20(8-16)44-4/h5-10,21-26,33-38H,11-14H2,1-4H3,(H,31,39)(H,32,40)/t21-,22-,23-,24-,25-,26-,29?,30?/m1/s1. The molecule has 8 N–H and O–H groups in total. The van der Waals surface area contributed by atoms with Crippen molar-refractivity contribution >= 4 is 23.6 Å². The molecule has 0 radical (unpaired) electrons. The Kier molecular flexibility index (Phi) is 11.8. The second-order valence-corrected chi connectivity index (χ2v) is 12.3. The molecule has 17 heteroatoms. The maximum atomic E-state index is 13.8. The molecule has 2 aliphatic heterocycles. The molecule has 2 aromatic rings. The summed E-state index contributed by atoms with van der Waals surface area (Å²) in [5.41, 5.74) is -0.0297. The van der Waals surface area contributed by atoms with E-state index in [-0.39, 0.29) is 34.1 Å². The van der Waals surface area contributed by atoms with Gasteiger partial charge in [0.05, 0.1) is 53.9 Å². The zero-order chi connectivity index (χ0) is 34.5. The van der Waals surface area contributed by atoms with Gasteiger partial charge in [-0.05, 0) is 36.0 Å². The predicted octanol–water partition coefficient (Wildman–Crippen LogP) is -1.07. The molecule has 0 spiro atoms. The molecule has 2 unspecified atom stereocenters. The number of carbonyl (C=O) groups excluding carboxylic acids is 2. The summed E-state index contributed by atoms with van der Waals surface area (Å²) in [6, 6.07) is 8.55. The first-order valence-electron chi connectivity index (χ1n) is 14.5. The first-order chi connectivity index (χ1) is 22.4. The van der Waals surface area contributed by atoms with Crippen molar-refractivity contribution < 1.29 is 68.6 Å². The molecule has 4 rings (SSSR count). The van der Waals surface area contributed by atoms with Gasteiger partial charge in [-0.3, -0.25) is 9.59 Å². The molecule has 16 nitrogen and oxygen atoms in total. The SMILES string of the molecule is COc1cc(OC)cc(C(=O)NC2(SC3(NC(=O)c4cc(OC)cc(OC)c4)O[C@H](CO)[C@H](O)C[C@H]3O)O[C@H](CO)[C@H](O)C[C@H]2O)c1. The Morgan fingerprint density at radius 2 is 1.00 bits per heavy atom. The van der Waals surface area contributed by atoms with Gasteiger partial charge in [0.25, 0.3) is 11.8 Å². The zero-order valence-electron chi connectivity index (χ0n) is 26.1. The van der Waals surface area contributed by atoms with Crippen molar-refractivity contribution in [3.63, 3.8) is 0 Å². The number of rotatable bonds is 12. The van der Waals surface area contributed by atoms with Gasteiger partial charge in [0.15, 0.2) is 0 Å². The molecule has 260 valence electrons. The van der Waals surface area contributed by atoms with Crippen molar-refractivity contribution in [2.45, 2.75) is 59.6 Å². The first-order valence-corrected chi connectivity index (χ1v) is 15.3. The van der Waals surface area contributed by atoms with Crippen LogP contribution in [-0.2, 0) is 9.47 Å². The topological polar surface area (TPSA) is 235 Å². The van der Waals surface area contributed by atoms with Gasteiger partial charge in [0.1, 0.15) is 47.4 Å². The van der Waals surface area contributed by atoms with E-state index in [4.69, 9.17) is 28.4 Å². The van der Waals surface area contributed by atoms with E-state index in [0.717, 1.165) is 0 Å². The highest BCUT2D eigenvalue weighted by Gasteiger charge is 2.60. The molecule has 2 heterocycles. The molecule has 8 atom stereocenters.